The number of anilines is 1. The van der Waals surface area contributed by atoms with Crippen LogP contribution in [0.1, 0.15) is 44.6 Å². The molecule has 1 heterocycles. The Hall–Kier alpha value is -3.67. The molecule has 0 unspecified atom stereocenters. The number of nitrogens with one attached hydrogen (secondary N) is 1. The maximum Gasteiger partial charge on any atom is 0.335 e. The molecule has 3 atom stereocenters. The monoisotopic (exact) mass is 386 g/mol. The van der Waals surface area contributed by atoms with Crippen LogP contribution in [0.25, 0.3) is 0 Å². The number of non-ortho nitro benzene ring substituents is 1. The molecule has 0 bridgehead atoms. The molecule has 5 rings (SSSR count). The molecular weight excluding hydrogens is 368 g/mol. The van der Waals surface area contributed by atoms with Gasteiger partial charge in [-0.15, -0.1) is 0 Å². The Morgan fingerprint density at radius 1 is 1.03 bits per heavy atom. The first-order valence-corrected chi connectivity index (χ1v) is 9.49. The van der Waals surface area contributed by atoms with Crippen molar-refractivity contribution in [2.75, 3.05) is 5.32 Å². The maximum absolute atomic E-state index is 11.5. The third kappa shape index (κ3) is 2.76. The molecule has 0 spiro atoms. The Morgan fingerprint density at radius 3 is 2.66 bits per heavy atom. The number of carbonyl (C=O) groups is 1. The Bertz CT molecular complexity index is 1160. The molecule has 3 aromatic rings. The van der Waals surface area contributed by atoms with E-state index in [1.54, 1.807) is 30.3 Å². The number of benzene rings is 3. The summed E-state index contributed by atoms with van der Waals surface area (Å²) in [7, 11) is 0. The van der Waals surface area contributed by atoms with Gasteiger partial charge in [0.15, 0.2) is 0 Å². The van der Waals surface area contributed by atoms with E-state index in [-0.39, 0.29) is 34.1 Å². The number of nitro benzene ring substituents is 1. The molecule has 1 aliphatic heterocycles. The zero-order valence-corrected chi connectivity index (χ0v) is 15.4. The third-order valence-corrected chi connectivity index (χ3v) is 6.09. The zero-order valence-electron chi connectivity index (χ0n) is 15.4. The van der Waals surface area contributed by atoms with E-state index in [4.69, 9.17) is 0 Å². The number of rotatable bonds is 3. The molecule has 0 amide bonds. The highest BCUT2D eigenvalue weighted by molar-refractivity contribution is 5.89. The van der Waals surface area contributed by atoms with Crippen molar-refractivity contribution in [2.45, 2.75) is 18.4 Å². The highest BCUT2D eigenvalue weighted by atomic mass is 16.6. The van der Waals surface area contributed by atoms with E-state index in [0.29, 0.717) is 0 Å². The zero-order chi connectivity index (χ0) is 20.1. The van der Waals surface area contributed by atoms with Crippen molar-refractivity contribution in [3.63, 3.8) is 0 Å². The van der Waals surface area contributed by atoms with Crippen molar-refractivity contribution >= 4 is 17.3 Å². The van der Waals surface area contributed by atoms with Crippen molar-refractivity contribution in [3.8, 4) is 0 Å². The van der Waals surface area contributed by atoms with Gasteiger partial charge in [-0.25, -0.2) is 4.79 Å². The molecule has 2 N–H and O–H groups in total. The van der Waals surface area contributed by atoms with Gasteiger partial charge in [0.1, 0.15) is 0 Å². The quantitative estimate of drug-likeness (QED) is 0.500. The van der Waals surface area contributed by atoms with Gasteiger partial charge in [0, 0.05) is 23.7 Å². The van der Waals surface area contributed by atoms with Crippen molar-refractivity contribution in [1.29, 1.82) is 0 Å². The lowest BCUT2D eigenvalue weighted by Crippen LogP contribution is -2.30. The average Bonchev–Trinajstić information content (AvgIpc) is 3.12. The number of nitro groups is 1. The molecule has 2 aliphatic rings. The summed E-state index contributed by atoms with van der Waals surface area (Å²) < 4.78 is 0. The number of nitrogens with zero attached hydrogens (tertiary/aromatic N) is 1. The van der Waals surface area contributed by atoms with E-state index in [9.17, 15) is 20.0 Å². The Labute approximate surface area is 167 Å². The fourth-order valence-electron chi connectivity index (χ4n) is 4.86. The van der Waals surface area contributed by atoms with Crippen molar-refractivity contribution < 1.29 is 14.8 Å². The maximum atomic E-state index is 11.5. The second kappa shape index (κ2) is 6.44. The number of hydrogen-bond donors (Lipinski definition) is 2. The predicted octanol–water partition coefficient (Wildman–Crippen LogP) is 4.76. The van der Waals surface area contributed by atoms with E-state index in [1.807, 2.05) is 18.2 Å². The predicted molar refractivity (Wildman–Crippen MR) is 108 cm³/mol. The lowest BCUT2D eigenvalue weighted by molar-refractivity contribution is -0.384. The van der Waals surface area contributed by atoms with Gasteiger partial charge in [0.25, 0.3) is 5.69 Å². The number of fused-ring (bicyclic) bond motifs is 5. The number of carboxylic acid groups (broad SMARTS) is 1. The van der Waals surface area contributed by atoms with Gasteiger partial charge < -0.3 is 10.4 Å². The largest absolute Gasteiger partial charge is 0.478 e. The minimum atomic E-state index is -0.948. The normalized spacial score (nSPS) is 21.4. The van der Waals surface area contributed by atoms with Crippen LogP contribution in [0, 0.1) is 16.0 Å². The van der Waals surface area contributed by atoms with Crippen LogP contribution in [0.2, 0.25) is 0 Å². The second-order valence-electron chi connectivity index (χ2n) is 7.63. The second-order valence-corrected chi connectivity index (χ2v) is 7.63. The molecule has 3 aromatic carbocycles. The summed E-state index contributed by atoms with van der Waals surface area (Å²) in [5, 5.41) is 24.3. The van der Waals surface area contributed by atoms with Gasteiger partial charge in [-0.3, -0.25) is 10.1 Å². The average molecular weight is 386 g/mol. The van der Waals surface area contributed by atoms with Crippen LogP contribution in [0.3, 0.4) is 0 Å². The summed E-state index contributed by atoms with van der Waals surface area (Å²) in [4.78, 5) is 22.4. The van der Waals surface area contributed by atoms with Crippen LogP contribution in [0.4, 0.5) is 11.4 Å². The van der Waals surface area contributed by atoms with Gasteiger partial charge in [0.05, 0.1) is 16.5 Å². The molecule has 0 radical (unpaired) electrons. The van der Waals surface area contributed by atoms with Crippen LogP contribution in [-0.2, 0) is 6.42 Å². The highest BCUT2D eigenvalue weighted by Gasteiger charge is 2.43. The summed E-state index contributed by atoms with van der Waals surface area (Å²) in [6, 6.07) is 20.1. The van der Waals surface area contributed by atoms with Gasteiger partial charge in [-0.2, -0.15) is 0 Å². The molecule has 1 aliphatic carbocycles. The molecule has 0 saturated heterocycles. The molecule has 6 heteroatoms. The minimum absolute atomic E-state index is 0.0472. The fourth-order valence-corrected chi connectivity index (χ4v) is 4.86. The highest BCUT2D eigenvalue weighted by Crippen LogP contribution is 2.54. The standard InChI is InChI=1S/C23H18N2O4/c26-23(27)15-8-9-20-18(12-15)21-17-7-2-1-4-13(17)11-19(21)22(24-20)14-5-3-6-16(10-14)25(28)29/h1-10,12,19,21-22,24H,11H2,(H,26,27)/t19-,21+,22-/m1/s1. The van der Waals surface area contributed by atoms with Gasteiger partial charge in [-0.05, 0) is 52.8 Å². The summed E-state index contributed by atoms with van der Waals surface area (Å²) in [5.41, 5.74) is 5.51. The van der Waals surface area contributed by atoms with Crippen LogP contribution in [0.15, 0.2) is 66.7 Å². The Balaban J connectivity index is 1.67. The third-order valence-electron chi connectivity index (χ3n) is 6.09. The first kappa shape index (κ1) is 17.4. The summed E-state index contributed by atoms with van der Waals surface area (Å²) >= 11 is 0. The first-order valence-electron chi connectivity index (χ1n) is 9.49. The first-order chi connectivity index (χ1) is 14.0. The molecule has 0 saturated carbocycles. The SMILES string of the molecule is O=C(O)c1ccc2c(c1)[C@@H]1c3ccccc3C[C@H]1[C@@H](c1cccc([N+](=O)[O-])c1)N2. The molecule has 144 valence electrons. The van der Waals surface area contributed by atoms with Gasteiger partial charge >= 0.3 is 5.97 Å². The fraction of sp³-hybridized carbons (Fsp3) is 0.174. The molecule has 29 heavy (non-hydrogen) atoms. The summed E-state index contributed by atoms with van der Waals surface area (Å²) in [6.45, 7) is 0. The van der Waals surface area contributed by atoms with Crippen LogP contribution >= 0.6 is 0 Å². The molecule has 0 aromatic heterocycles. The number of aromatic carboxylic acids is 1. The Kier molecular flexibility index (Phi) is 3.87. The molecule has 0 fully saturated rings. The lowest BCUT2D eigenvalue weighted by atomic mass is 9.75. The van der Waals surface area contributed by atoms with E-state index in [2.05, 4.69) is 17.4 Å². The molecule has 6 nitrogen and oxygen atoms in total. The van der Waals surface area contributed by atoms with Crippen molar-refractivity contribution in [2.24, 2.45) is 5.92 Å². The smallest absolute Gasteiger partial charge is 0.335 e. The lowest BCUT2D eigenvalue weighted by Gasteiger charge is -2.38. The molecular formula is C23H18N2O4. The number of hydrogen-bond acceptors (Lipinski definition) is 4. The van der Waals surface area contributed by atoms with E-state index in [1.165, 1.54) is 17.2 Å². The van der Waals surface area contributed by atoms with E-state index in [0.717, 1.165) is 23.2 Å². The van der Waals surface area contributed by atoms with Crippen molar-refractivity contribution in [1.82, 2.24) is 0 Å². The Morgan fingerprint density at radius 2 is 1.86 bits per heavy atom. The van der Waals surface area contributed by atoms with Crippen molar-refractivity contribution in [3.05, 3.63) is 105 Å². The van der Waals surface area contributed by atoms with E-state index >= 15 is 0 Å². The van der Waals surface area contributed by atoms with Crippen LogP contribution < -0.4 is 5.32 Å². The summed E-state index contributed by atoms with van der Waals surface area (Å²) in [5.74, 6) is -0.756. The van der Waals surface area contributed by atoms with Crippen LogP contribution in [-0.4, -0.2) is 16.0 Å². The minimum Gasteiger partial charge on any atom is -0.478 e. The van der Waals surface area contributed by atoms with Crippen LogP contribution in [0.5, 0.6) is 0 Å². The number of carboxylic acids is 1. The van der Waals surface area contributed by atoms with Gasteiger partial charge in [0.2, 0.25) is 0 Å². The van der Waals surface area contributed by atoms with E-state index < -0.39 is 5.97 Å². The van der Waals surface area contributed by atoms with Gasteiger partial charge in [-0.1, -0.05) is 36.4 Å². The summed E-state index contributed by atoms with van der Waals surface area (Å²) in [6.07, 6.45) is 0.831. The topological polar surface area (TPSA) is 92.5 Å².